The van der Waals surface area contributed by atoms with Gasteiger partial charge in [0.05, 0.1) is 44.1 Å². The Labute approximate surface area is 190 Å². The zero-order chi connectivity index (χ0) is 23.2. The van der Waals surface area contributed by atoms with Crippen molar-refractivity contribution in [3.63, 3.8) is 0 Å². The lowest BCUT2D eigenvalue weighted by Gasteiger charge is -2.15. The highest BCUT2D eigenvalue weighted by atomic mass is 16.5. The van der Waals surface area contributed by atoms with E-state index in [0.29, 0.717) is 33.7 Å². The van der Waals surface area contributed by atoms with Crippen LogP contribution >= 0.6 is 0 Å². The van der Waals surface area contributed by atoms with Crippen LogP contribution in [0.3, 0.4) is 0 Å². The SMILES string of the molecule is COc1cccc(NC(=O)NCc2nn(Cc3cccnc3)c(=O)c3ccccc23)c1OC. The van der Waals surface area contributed by atoms with Gasteiger partial charge in [-0.3, -0.25) is 9.78 Å². The number of hydrogen-bond acceptors (Lipinski definition) is 6. The summed E-state index contributed by atoms with van der Waals surface area (Å²) >= 11 is 0. The van der Waals surface area contributed by atoms with Crippen LogP contribution in [-0.2, 0) is 13.1 Å². The lowest BCUT2D eigenvalue weighted by molar-refractivity contribution is 0.251. The second-order valence-corrected chi connectivity index (χ2v) is 7.17. The van der Waals surface area contributed by atoms with Crippen molar-refractivity contribution >= 4 is 22.5 Å². The van der Waals surface area contributed by atoms with Gasteiger partial charge >= 0.3 is 6.03 Å². The maximum absolute atomic E-state index is 12.9. The molecule has 0 atom stereocenters. The number of carbonyl (C=O) groups is 1. The smallest absolute Gasteiger partial charge is 0.319 e. The predicted octanol–water partition coefficient (Wildman–Crippen LogP) is 3.18. The van der Waals surface area contributed by atoms with Gasteiger partial charge in [0, 0.05) is 17.8 Å². The highest BCUT2D eigenvalue weighted by Gasteiger charge is 2.14. The molecule has 0 saturated carbocycles. The Kier molecular flexibility index (Phi) is 6.49. The molecule has 0 fully saturated rings. The number of pyridine rings is 1. The van der Waals surface area contributed by atoms with E-state index in [1.54, 1.807) is 48.8 Å². The molecule has 2 heterocycles. The molecule has 4 rings (SSSR count). The predicted molar refractivity (Wildman–Crippen MR) is 125 cm³/mol. The third-order valence-electron chi connectivity index (χ3n) is 5.07. The Morgan fingerprint density at radius 1 is 1.00 bits per heavy atom. The largest absolute Gasteiger partial charge is 0.493 e. The molecule has 2 amide bonds. The van der Waals surface area contributed by atoms with Gasteiger partial charge < -0.3 is 20.1 Å². The number of aromatic nitrogens is 3. The summed E-state index contributed by atoms with van der Waals surface area (Å²) < 4.78 is 12.0. The number of hydrogen-bond donors (Lipinski definition) is 2. The van der Waals surface area contributed by atoms with Crippen LogP contribution in [-0.4, -0.2) is 35.0 Å². The molecule has 0 radical (unpaired) electrons. The number of anilines is 1. The van der Waals surface area contributed by atoms with Gasteiger partial charge in [0.15, 0.2) is 11.5 Å². The van der Waals surface area contributed by atoms with Gasteiger partial charge in [0.1, 0.15) is 0 Å². The van der Waals surface area contributed by atoms with Crippen LogP contribution in [0.15, 0.2) is 71.8 Å². The van der Waals surface area contributed by atoms with E-state index in [0.717, 1.165) is 5.56 Å². The number of urea groups is 1. The number of para-hydroxylation sites is 1. The first-order chi connectivity index (χ1) is 16.1. The van der Waals surface area contributed by atoms with Gasteiger partial charge in [-0.1, -0.05) is 30.3 Å². The van der Waals surface area contributed by atoms with Crippen molar-refractivity contribution in [3.05, 3.63) is 88.6 Å². The van der Waals surface area contributed by atoms with E-state index in [1.807, 2.05) is 18.2 Å². The van der Waals surface area contributed by atoms with Crippen LogP contribution in [0.5, 0.6) is 11.5 Å². The molecular formula is C24H23N5O4. The molecule has 0 saturated heterocycles. The van der Waals surface area contributed by atoms with Gasteiger partial charge in [-0.2, -0.15) is 5.10 Å². The second kappa shape index (κ2) is 9.82. The van der Waals surface area contributed by atoms with Crippen LogP contribution in [0.1, 0.15) is 11.3 Å². The summed E-state index contributed by atoms with van der Waals surface area (Å²) in [6.45, 7) is 0.393. The number of amides is 2. The monoisotopic (exact) mass is 445 g/mol. The zero-order valence-corrected chi connectivity index (χ0v) is 18.2. The molecule has 0 aliphatic carbocycles. The molecule has 9 heteroatoms. The summed E-state index contributed by atoms with van der Waals surface area (Å²) in [4.78, 5) is 29.7. The van der Waals surface area contributed by atoms with E-state index >= 15 is 0 Å². The third kappa shape index (κ3) is 4.77. The maximum atomic E-state index is 12.9. The molecule has 2 aromatic heterocycles. The molecule has 2 aromatic carbocycles. The van der Waals surface area contributed by atoms with Gasteiger partial charge in [-0.15, -0.1) is 0 Å². The molecule has 2 N–H and O–H groups in total. The number of rotatable bonds is 7. The summed E-state index contributed by atoms with van der Waals surface area (Å²) in [5.74, 6) is 0.925. The topological polar surface area (TPSA) is 107 Å². The summed E-state index contributed by atoms with van der Waals surface area (Å²) in [5, 5.41) is 11.3. The summed E-state index contributed by atoms with van der Waals surface area (Å²) in [6, 6.07) is 15.6. The van der Waals surface area contributed by atoms with Crippen molar-refractivity contribution in [2.75, 3.05) is 19.5 Å². The van der Waals surface area contributed by atoms with Crippen molar-refractivity contribution in [1.29, 1.82) is 0 Å². The number of nitrogens with zero attached hydrogens (tertiary/aromatic N) is 3. The normalized spacial score (nSPS) is 10.6. The molecule has 0 bridgehead atoms. The first-order valence-electron chi connectivity index (χ1n) is 10.2. The molecule has 0 spiro atoms. The van der Waals surface area contributed by atoms with Crippen molar-refractivity contribution in [2.45, 2.75) is 13.1 Å². The molecule has 4 aromatic rings. The standard InChI is InChI=1S/C24H23N5O4/c1-32-21-11-5-10-19(22(21)33-2)27-24(31)26-14-20-17-8-3-4-9-18(17)23(30)29(28-20)15-16-7-6-12-25-13-16/h3-13H,14-15H2,1-2H3,(H2,26,27,31). The average Bonchev–Trinajstić information content (AvgIpc) is 2.85. The Morgan fingerprint density at radius 2 is 1.82 bits per heavy atom. The van der Waals surface area contributed by atoms with Crippen molar-refractivity contribution in [3.8, 4) is 11.5 Å². The van der Waals surface area contributed by atoms with Crippen LogP contribution in [0, 0.1) is 0 Å². The van der Waals surface area contributed by atoms with Crippen molar-refractivity contribution in [1.82, 2.24) is 20.1 Å². The highest BCUT2D eigenvalue weighted by Crippen LogP contribution is 2.34. The zero-order valence-electron chi connectivity index (χ0n) is 18.2. The Hall–Kier alpha value is -4.40. The molecule has 9 nitrogen and oxygen atoms in total. The lowest BCUT2D eigenvalue weighted by Crippen LogP contribution is -2.31. The fourth-order valence-electron chi connectivity index (χ4n) is 3.52. The first kappa shape index (κ1) is 21.8. The summed E-state index contributed by atoms with van der Waals surface area (Å²) in [7, 11) is 3.03. The van der Waals surface area contributed by atoms with Crippen molar-refractivity contribution in [2.24, 2.45) is 0 Å². The van der Waals surface area contributed by atoms with E-state index < -0.39 is 6.03 Å². The molecule has 168 valence electrons. The average molecular weight is 445 g/mol. The Balaban J connectivity index is 1.58. The number of benzene rings is 2. The Bertz CT molecular complexity index is 1340. The van der Waals surface area contributed by atoms with Crippen LogP contribution < -0.4 is 25.7 Å². The number of fused-ring (bicyclic) bond motifs is 1. The van der Waals surface area contributed by atoms with Gasteiger partial charge in [-0.25, -0.2) is 9.48 Å². The first-order valence-corrected chi connectivity index (χ1v) is 10.2. The van der Waals surface area contributed by atoms with E-state index in [4.69, 9.17) is 9.47 Å². The fourth-order valence-corrected chi connectivity index (χ4v) is 3.52. The minimum absolute atomic E-state index is 0.117. The number of ether oxygens (including phenoxy) is 2. The van der Waals surface area contributed by atoms with E-state index in [2.05, 4.69) is 20.7 Å². The third-order valence-corrected chi connectivity index (χ3v) is 5.07. The Morgan fingerprint density at radius 3 is 2.55 bits per heavy atom. The fraction of sp³-hybridized carbons (Fsp3) is 0.167. The van der Waals surface area contributed by atoms with Crippen LogP contribution in [0.4, 0.5) is 10.5 Å². The maximum Gasteiger partial charge on any atom is 0.319 e. The van der Waals surface area contributed by atoms with Gasteiger partial charge in [0.2, 0.25) is 0 Å². The summed E-state index contributed by atoms with van der Waals surface area (Å²) in [5.41, 5.74) is 1.68. The van der Waals surface area contributed by atoms with Crippen molar-refractivity contribution < 1.29 is 14.3 Å². The number of methoxy groups -OCH3 is 2. The van der Waals surface area contributed by atoms with Crippen LogP contribution in [0.2, 0.25) is 0 Å². The second-order valence-electron chi connectivity index (χ2n) is 7.17. The summed E-state index contributed by atoms with van der Waals surface area (Å²) in [6.07, 6.45) is 3.36. The molecule has 33 heavy (non-hydrogen) atoms. The highest BCUT2D eigenvalue weighted by molar-refractivity contribution is 5.92. The molecular weight excluding hydrogens is 422 g/mol. The van der Waals surface area contributed by atoms with E-state index in [1.165, 1.54) is 18.9 Å². The van der Waals surface area contributed by atoms with Crippen LogP contribution in [0.25, 0.3) is 10.8 Å². The lowest BCUT2D eigenvalue weighted by atomic mass is 10.1. The van der Waals surface area contributed by atoms with E-state index in [-0.39, 0.29) is 18.6 Å². The van der Waals surface area contributed by atoms with Gasteiger partial charge in [0.25, 0.3) is 5.56 Å². The quantitative estimate of drug-likeness (QED) is 0.452. The molecule has 0 unspecified atom stereocenters. The molecule has 0 aliphatic rings. The number of nitrogens with one attached hydrogen (secondary N) is 2. The molecule has 0 aliphatic heterocycles. The van der Waals surface area contributed by atoms with E-state index in [9.17, 15) is 9.59 Å². The van der Waals surface area contributed by atoms with Gasteiger partial charge in [-0.05, 0) is 29.8 Å². The minimum atomic E-state index is -0.447. The number of carbonyl (C=O) groups excluding carboxylic acids is 1. The minimum Gasteiger partial charge on any atom is -0.493 e.